The topological polar surface area (TPSA) is 63.3 Å². The summed E-state index contributed by atoms with van der Waals surface area (Å²) in [6.07, 6.45) is 0.545. The van der Waals surface area contributed by atoms with Crippen LogP contribution in [0.1, 0.15) is 36.1 Å². The highest BCUT2D eigenvalue weighted by molar-refractivity contribution is 5.71. The number of carboxylic acid groups (broad SMARTS) is 1. The van der Waals surface area contributed by atoms with Gasteiger partial charge in [0.25, 0.3) is 0 Å². The molecule has 0 aliphatic carbocycles. The molecule has 0 bridgehead atoms. The fourth-order valence-electron chi connectivity index (χ4n) is 2.02. The molecule has 0 aliphatic heterocycles. The Labute approximate surface area is 96.3 Å². The van der Waals surface area contributed by atoms with Crippen LogP contribution in [0.2, 0.25) is 0 Å². The second-order valence-corrected chi connectivity index (χ2v) is 4.30. The molecule has 0 saturated heterocycles. The first-order chi connectivity index (χ1) is 7.45. The minimum atomic E-state index is -0.825. The molecule has 0 saturated carbocycles. The molecule has 1 rings (SSSR count). The van der Waals surface area contributed by atoms with Gasteiger partial charge in [-0.15, -0.1) is 0 Å². The van der Waals surface area contributed by atoms with Crippen molar-refractivity contribution >= 4 is 5.97 Å². The Kier molecular flexibility index (Phi) is 4.07. The second kappa shape index (κ2) is 5.12. The number of rotatable bonds is 4. The minimum Gasteiger partial charge on any atom is -0.481 e. The number of nitrogens with two attached hydrogens (primary N) is 1. The van der Waals surface area contributed by atoms with Gasteiger partial charge < -0.3 is 10.8 Å². The van der Waals surface area contributed by atoms with E-state index in [-0.39, 0.29) is 0 Å². The van der Waals surface area contributed by atoms with Gasteiger partial charge >= 0.3 is 5.97 Å². The zero-order valence-electron chi connectivity index (χ0n) is 10.0. The van der Waals surface area contributed by atoms with E-state index in [4.69, 9.17) is 10.8 Å². The van der Waals surface area contributed by atoms with Gasteiger partial charge in [0, 0.05) is 6.04 Å². The van der Waals surface area contributed by atoms with Gasteiger partial charge in [-0.2, -0.15) is 0 Å². The molecule has 0 heterocycles. The Balaban J connectivity index is 3.02. The van der Waals surface area contributed by atoms with Gasteiger partial charge in [0.15, 0.2) is 0 Å². The molecule has 88 valence electrons. The average molecular weight is 221 g/mol. The van der Waals surface area contributed by atoms with E-state index in [0.717, 1.165) is 16.7 Å². The highest BCUT2D eigenvalue weighted by Gasteiger charge is 2.24. The zero-order valence-corrected chi connectivity index (χ0v) is 10.0. The van der Waals surface area contributed by atoms with Crippen LogP contribution < -0.4 is 5.73 Å². The van der Waals surface area contributed by atoms with E-state index in [0.29, 0.717) is 6.42 Å². The third kappa shape index (κ3) is 2.83. The third-order valence-corrected chi connectivity index (χ3v) is 2.82. The molecule has 0 aliphatic rings. The van der Waals surface area contributed by atoms with Crippen molar-refractivity contribution in [3.63, 3.8) is 0 Å². The van der Waals surface area contributed by atoms with Crippen molar-refractivity contribution in [1.29, 1.82) is 0 Å². The van der Waals surface area contributed by atoms with Crippen LogP contribution in [0.3, 0.4) is 0 Å². The van der Waals surface area contributed by atoms with Gasteiger partial charge in [-0.05, 0) is 25.8 Å². The summed E-state index contributed by atoms with van der Waals surface area (Å²) in [5.74, 6) is -1.34. The molecular formula is C13H19NO2. The summed E-state index contributed by atoms with van der Waals surface area (Å²) in [4.78, 5) is 11.0. The highest BCUT2D eigenvalue weighted by atomic mass is 16.4. The van der Waals surface area contributed by atoms with E-state index < -0.39 is 17.9 Å². The Morgan fingerprint density at radius 2 is 1.81 bits per heavy atom. The SMILES string of the molecule is CC[C@@H](C(=O)O)C(N)c1cc(C)cc(C)c1. The van der Waals surface area contributed by atoms with E-state index in [1.807, 2.05) is 32.9 Å². The number of carbonyl (C=O) groups is 1. The van der Waals surface area contributed by atoms with Gasteiger partial charge in [0.05, 0.1) is 5.92 Å². The number of hydrogen-bond donors (Lipinski definition) is 2. The molecule has 1 unspecified atom stereocenters. The summed E-state index contributed by atoms with van der Waals surface area (Å²) in [7, 11) is 0. The smallest absolute Gasteiger partial charge is 0.308 e. The van der Waals surface area contributed by atoms with Crippen molar-refractivity contribution in [3.8, 4) is 0 Å². The number of aryl methyl sites for hydroxylation is 2. The van der Waals surface area contributed by atoms with Crippen LogP contribution in [0, 0.1) is 19.8 Å². The Morgan fingerprint density at radius 3 is 2.19 bits per heavy atom. The molecule has 0 spiro atoms. The number of benzene rings is 1. The van der Waals surface area contributed by atoms with Crippen molar-refractivity contribution in [1.82, 2.24) is 0 Å². The molecule has 3 nitrogen and oxygen atoms in total. The average Bonchev–Trinajstić information content (AvgIpc) is 2.16. The molecule has 3 N–H and O–H groups in total. The maximum Gasteiger partial charge on any atom is 0.308 e. The summed E-state index contributed by atoms with van der Waals surface area (Å²) in [5.41, 5.74) is 9.15. The lowest BCUT2D eigenvalue weighted by atomic mass is 9.90. The number of carboxylic acids is 1. The first kappa shape index (κ1) is 12.7. The maximum atomic E-state index is 11.0. The monoisotopic (exact) mass is 221 g/mol. The molecule has 1 aromatic carbocycles. The van der Waals surface area contributed by atoms with Crippen LogP contribution in [0.25, 0.3) is 0 Å². The first-order valence-corrected chi connectivity index (χ1v) is 5.52. The van der Waals surface area contributed by atoms with E-state index in [9.17, 15) is 4.79 Å². The first-order valence-electron chi connectivity index (χ1n) is 5.52. The predicted octanol–water partition coefficient (Wildman–Crippen LogP) is 2.41. The van der Waals surface area contributed by atoms with Crippen LogP contribution >= 0.6 is 0 Å². The standard InChI is InChI=1S/C13H19NO2/c1-4-11(13(15)16)12(14)10-6-8(2)5-9(3)7-10/h5-7,11-12H,4,14H2,1-3H3,(H,15,16)/t11-,12?/m1/s1. The minimum absolute atomic E-state index is 0.430. The lowest BCUT2D eigenvalue weighted by molar-refractivity contribution is -0.142. The largest absolute Gasteiger partial charge is 0.481 e. The lowest BCUT2D eigenvalue weighted by Crippen LogP contribution is -2.27. The summed E-state index contributed by atoms with van der Waals surface area (Å²) >= 11 is 0. The van der Waals surface area contributed by atoms with Crippen molar-refractivity contribution in [2.75, 3.05) is 0 Å². The van der Waals surface area contributed by atoms with E-state index in [2.05, 4.69) is 6.07 Å². The summed E-state index contributed by atoms with van der Waals surface area (Å²) in [6, 6.07) is 5.55. The van der Waals surface area contributed by atoms with Crippen molar-refractivity contribution in [2.24, 2.45) is 11.7 Å². The summed E-state index contributed by atoms with van der Waals surface area (Å²) in [6.45, 7) is 5.83. The summed E-state index contributed by atoms with van der Waals surface area (Å²) < 4.78 is 0. The number of hydrogen-bond acceptors (Lipinski definition) is 2. The van der Waals surface area contributed by atoms with Gasteiger partial charge in [-0.1, -0.05) is 36.2 Å². The van der Waals surface area contributed by atoms with Gasteiger partial charge in [-0.25, -0.2) is 0 Å². The van der Waals surface area contributed by atoms with Crippen molar-refractivity contribution in [2.45, 2.75) is 33.2 Å². The molecule has 0 fully saturated rings. The molecule has 0 amide bonds. The molecular weight excluding hydrogens is 202 g/mol. The van der Waals surface area contributed by atoms with E-state index in [1.54, 1.807) is 0 Å². The van der Waals surface area contributed by atoms with E-state index >= 15 is 0 Å². The van der Waals surface area contributed by atoms with Crippen LogP contribution in [0.4, 0.5) is 0 Å². The van der Waals surface area contributed by atoms with Gasteiger partial charge in [-0.3, -0.25) is 4.79 Å². The van der Waals surface area contributed by atoms with Crippen LogP contribution in [0.15, 0.2) is 18.2 Å². The third-order valence-electron chi connectivity index (χ3n) is 2.82. The Bertz CT molecular complexity index is 367. The molecule has 2 atom stereocenters. The van der Waals surface area contributed by atoms with Crippen LogP contribution in [-0.4, -0.2) is 11.1 Å². The predicted molar refractivity (Wildman–Crippen MR) is 64.3 cm³/mol. The van der Waals surface area contributed by atoms with Crippen molar-refractivity contribution < 1.29 is 9.90 Å². The maximum absolute atomic E-state index is 11.0. The molecule has 0 radical (unpaired) electrons. The lowest BCUT2D eigenvalue weighted by Gasteiger charge is -2.20. The molecule has 16 heavy (non-hydrogen) atoms. The fraction of sp³-hybridized carbons (Fsp3) is 0.462. The molecule has 3 heteroatoms. The number of aliphatic carboxylic acids is 1. The zero-order chi connectivity index (χ0) is 12.3. The second-order valence-electron chi connectivity index (χ2n) is 4.30. The quantitative estimate of drug-likeness (QED) is 0.820. The van der Waals surface area contributed by atoms with Crippen molar-refractivity contribution in [3.05, 3.63) is 34.9 Å². The Morgan fingerprint density at radius 1 is 1.31 bits per heavy atom. The van der Waals surface area contributed by atoms with Crippen LogP contribution in [0.5, 0.6) is 0 Å². The molecule has 0 aromatic heterocycles. The van der Waals surface area contributed by atoms with E-state index in [1.165, 1.54) is 0 Å². The normalized spacial score (nSPS) is 14.5. The van der Waals surface area contributed by atoms with Gasteiger partial charge in [0.1, 0.15) is 0 Å². The fourth-order valence-corrected chi connectivity index (χ4v) is 2.02. The Hall–Kier alpha value is -1.35. The highest BCUT2D eigenvalue weighted by Crippen LogP contribution is 2.24. The summed E-state index contributed by atoms with van der Waals surface area (Å²) in [5, 5.41) is 9.06. The van der Waals surface area contributed by atoms with Gasteiger partial charge in [0.2, 0.25) is 0 Å². The molecule has 1 aromatic rings. The van der Waals surface area contributed by atoms with Crippen LogP contribution in [-0.2, 0) is 4.79 Å².